The van der Waals surface area contributed by atoms with Crippen LogP contribution in [0.15, 0.2) is 36.4 Å². The maximum Gasteiger partial charge on any atom is 0.416 e. The van der Waals surface area contributed by atoms with Crippen molar-refractivity contribution in [3.63, 3.8) is 0 Å². The number of hydrogen-bond donors (Lipinski definition) is 0. The van der Waals surface area contributed by atoms with Crippen LogP contribution in [-0.4, -0.2) is 0 Å². The van der Waals surface area contributed by atoms with Crippen molar-refractivity contribution in [1.82, 2.24) is 0 Å². The molecule has 1 radical (unpaired) electrons. The Labute approximate surface area is 117 Å². The van der Waals surface area contributed by atoms with Crippen molar-refractivity contribution < 1.29 is 17.9 Å². The van der Waals surface area contributed by atoms with Crippen molar-refractivity contribution in [1.29, 1.82) is 0 Å². The molecule has 0 atom stereocenters. The van der Waals surface area contributed by atoms with Gasteiger partial charge in [0.1, 0.15) is 11.5 Å². The highest BCUT2D eigenvalue weighted by atomic mass is 35.5. The van der Waals surface area contributed by atoms with E-state index >= 15 is 0 Å². The number of halogens is 5. The van der Waals surface area contributed by atoms with E-state index in [0.29, 0.717) is 10.8 Å². The molecule has 0 fully saturated rings. The Bertz CT molecular complexity index is 579. The van der Waals surface area contributed by atoms with Crippen LogP contribution in [0.1, 0.15) is 5.56 Å². The van der Waals surface area contributed by atoms with Crippen molar-refractivity contribution >= 4 is 23.2 Å². The Morgan fingerprint density at radius 1 is 1.05 bits per heavy atom. The molecule has 0 aliphatic heterocycles. The quantitative estimate of drug-likeness (QED) is 0.701. The first-order chi connectivity index (χ1) is 8.86. The Kier molecular flexibility index (Phi) is 3.92. The third kappa shape index (κ3) is 3.55. The van der Waals surface area contributed by atoms with Gasteiger partial charge in [0, 0.05) is 11.1 Å². The predicted octanol–water partition coefficient (Wildman–Crippen LogP) is 5.60. The van der Waals surface area contributed by atoms with Crippen LogP contribution in [0, 0.1) is 6.07 Å². The zero-order valence-electron chi connectivity index (χ0n) is 9.26. The van der Waals surface area contributed by atoms with Gasteiger partial charge >= 0.3 is 6.18 Å². The second-order valence-corrected chi connectivity index (χ2v) is 4.46. The lowest BCUT2D eigenvalue weighted by molar-refractivity contribution is -0.137. The van der Waals surface area contributed by atoms with E-state index in [1.165, 1.54) is 18.2 Å². The van der Waals surface area contributed by atoms with Gasteiger partial charge in [0.05, 0.1) is 10.6 Å². The van der Waals surface area contributed by atoms with E-state index in [9.17, 15) is 13.2 Å². The van der Waals surface area contributed by atoms with Crippen LogP contribution in [0.5, 0.6) is 11.5 Å². The fourth-order valence-electron chi connectivity index (χ4n) is 1.33. The Balaban J connectivity index is 2.20. The van der Waals surface area contributed by atoms with Crippen LogP contribution in [0.25, 0.3) is 0 Å². The minimum atomic E-state index is -4.40. The zero-order chi connectivity index (χ0) is 14.0. The smallest absolute Gasteiger partial charge is 0.416 e. The van der Waals surface area contributed by atoms with E-state index in [1.807, 2.05) is 0 Å². The molecule has 0 heterocycles. The lowest BCUT2D eigenvalue weighted by Crippen LogP contribution is -2.04. The maximum atomic E-state index is 12.4. The van der Waals surface area contributed by atoms with Crippen LogP contribution in [0.2, 0.25) is 10.0 Å². The summed E-state index contributed by atoms with van der Waals surface area (Å²) in [5.74, 6) is 0.430. The summed E-state index contributed by atoms with van der Waals surface area (Å²) in [6, 6.07) is 9.87. The van der Waals surface area contributed by atoms with E-state index in [4.69, 9.17) is 27.9 Å². The van der Waals surface area contributed by atoms with Crippen molar-refractivity contribution in [2.24, 2.45) is 0 Å². The normalized spacial score (nSPS) is 11.4. The number of alkyl halides is 3. The van der Waals surface area contributed by atoms with Crippen molar-refractivity contribution in [3.8, 4) is 11.5 Å². The maximum absolute atomic E-state index is 12.4. The molecule has 0 aliphatic rings. The Morgan fingerprint density at radius 3 is 2.32 bits per heavy atom. The molecule has 0 N–H and O–H groups in total. The first-order valence-electron chi connectivity index (χ1n) is 5.08. The van der Waals surface area contributed by atoms with E-state index < -0.39 is 11.7 Å². The first-order valence-corrected chi connectivity index (χ1v) is 5.84. The van der Waals surface area contributed by atoms with E-state index in [1.54, 1.807) is 6.07 Å². The van der Waals surface area contributed by atoms with Crippen LogP contribution in [0.3, 0.4) is 0 Å². The monoisotopic (exact) mass is 305 g/mol. The summed E-state index contributed by atoms with van der Waals surface area (Å²) in [6.07, 6.45) is -4.40. The third-order valence-corrected chi connectivity index (χ3v) is 2.76. The molecule has 0 spiro atoms. The standard InChI is InChI=1S/C13H6Cl2F3O/c14-9-3-6-12(11(15)7-9)19-10-4-1-8(2-5-10)13(16,17)18/h1-4,6-7H. The molecule has 2 rings (SSSR count). The molecule has 0 unspecified atom stereocenters. The van der Waals surface area contributed by atoms with Gasteiger partial charge in [0.15, 0.2) is 0 Å². The van der Waals surface area contributed by atoms with Crippen molar-refractivity contribution in [3.05, 3.63) is 58.1 Å². The van der Waals surface area contributed by atoms with Gasteiger partial charge in [0.2, 0.25) is 0 Å². The van der Waals surface area contributed by atoms with E-state index in [2.05, 4.69) is 6.07 Å². The van der Waals surface area contributed by atoms with Crippen LogP contribution in [0.4, 0.5) is 13.2 Å². The summed E-state index contributed by atoms with van der Waals surface area (Å²) < 4.78 is 42.4. The summed E-state index contributed by atoms with van der Waals surface area (Å²) in [4.78, 5) is 0. The number of benzene rings is 2. The van der Waals surface area contributed by atoms with Gasteiger partial charge < -0.3 is 4.74 Å². The lowest BCUT2D eigenvalue weighted by atomic mass is 10.2. The van der Waals surface area contributed by atoms with Gasteiger partial charge in [-0.05, 0) is 36.4 Å². The van der Waals surface area contributed by atoms with E-state index in [-0.39, 0.29) is 10.8 Å². The molecule has 0 saturated carbocycles. The second-order valence-electron chi connectivity index (χ2n) is 3.62. The highest BCUT2D eigenvalue weighted by Crippen LogP contribution is 2.33. The van der Waals surface area contributed by atoms with Crippen molar-refractivity contribution in [2.45, 2.75) is 6.18 Å². The first kappa shape index (κ1) is 14.0. The average molecular weight is 306 g/mol. The van der Waals surface area contributed by atoms with E-state index in [0.717, 1.165) is 12.1 Å². The predicted molar refractivity (Wildman–Crippen MR) is 66.8 cm³/mol. The largest absolute Gasteiger partial charge is 0.455 e. The van der Waals surface area contributed by atoms with Gasteiger partial charge in [-0.15, -0.1) is 0 Å². The van der Waals surface area contributed by atoms with Crippen LogP contribution in [-0.2, 0) is 6.18 Å². The molecule has 2 aromatic carbocycles. The molecule has 0 bridgehead atoms. The van der Waals surface area contributed by atoms with Gasteiger partial charge in [0.25, 0.3) is 0 Å². The summed E-state index contributed by atoms with van der Waals surface area (Å²) in [7, 11) is 0. The summed E-state index contributed by atoms with van der Waals surface area (Å²) in [5.41, 5.74) is -0.790. The Hall–Kier alpha value is -1.39. The minimum absolute atomic E-state index is 0.136. The third-order valence-electron chi connectivity index (χ3n) is 2.23. The molecule has 6 heteroatoms. The summed E-state index contributed by atoms with van der Waals surface area (Å²) >= 11 is 11.6. The SMILES string of the molecule is FC(F)(F)c1c[c]c(Oc2ccc(Cl)cc2Cl)cc1. The molecule has 0 amide bonds. The molecule has 0 aromatic heterocycles. The van der Waals surface area contributed by atoms with Gasteiger partial charge in [-0.3, -0.25) is 0 Å². The topological polar surface area (TPSA) is 9.23 Å². The lowest BCUT2D eigenvalue weighted by Gasteiger charge is -2.09. The fourth-order valence-corrected chi connectivity index (χ4v) is 1.77. The molecule has 1 nitrogen and oxygen atoms in total. The molecule has 99 valence electrons. The molecule has 0 aliphatic carbocycles. The number of rotatable bonds is 2. The van der Waals surface area contributed by atoms with Gasteiger partial charge in [-0.25, -0.2) is 0 Å². The highest BCUT2D eigenvalue weighted by molar-refractivity contribution is 6.35. The molecule has 19 heavy (non-hydrogen) atoms. The Morgan fingerprint density at radius 2 is 1.79 bits per heavy atom. The molecule has 0 saturated heterocycles. The molecular formula is C13H6Cl2F3O. The summed E-state index contributed by atoms with van der Waals surface area (Å²) in [6.45, 7) is 0. The van der Waals surface area contributed by atoms with Crippen LogP contribution < -0.4 is 4.74 Å². The zero-order valence-corrected chi connectivity index (χ0v) is 10.8. The number of ether oxygens (including phenoxy) is 1. The minimum Gasteiger partial charge on any atom is -0.455 e. The second kappa shape index (κ2) is 5.31. The number of hydrogen-bond acceptors (Lipinski definition) is 1. The van der Waals surface area contributed by atoms with Gasteiger partial charge in [-0.1, -0.05) is 23.2 Å². The van der Waals surface area contributed by atoms with Crippen LogP contribution >= 0.6 is 23.2 Å². The van der Waals surface area contributed by atoms with Gasteiger partial charge in [-0.2, -0.15) is 13.2 Å². The average Bonchev–Trinajstić information content (AvgIpc) is 2.32. The highest BCUT2D eigenvalue weighted by Gasteiger charge is 2.30. The summed E-state index contributed by atoms with van der Waals surface area (Å²) in [5, 5.41) is 0.703. The van der Waals surface area contributed by atoms with Crippen molar-refractivity contribution in [2.75, 3.05) is 0 Å². The fraction of sp³-hybridized carbons (Fsp3) is 0.0769. The molecule has 2 aromatic rings. The molecular weight excluding hydrogens is 300 g/mol.